The molecule has 0 aliphatic rings. The number of amides is 1. The van der Waals surface area contributed by atoms with E-state index in [0.717, 1.165) is 19.3 Å². The number of benzene rings is 1. The van der Waals surface area contributed by atoms with Crippen molar-refractivity contribution in [3.8, 4) is 0 Å². The summed E-state index contributed by atoms with van der Waals surface area (Å²) in [5, 5.41) is 11.3. The van der Waals surface area contributed by atoms with Crippen LogP contribution in [0.3, 0.4) is 0 Å². The van der Waals surface area contributed by atoms with Crippen LogP contribution in [0.2, 0.25) is 0 Å². The summed E-state index contributed by atoms with van der Waals surface area (Å²) in [7, 11) is 0. The number of hydrogen-bond acceptors (Lipinski definition) is 4. The number of rotatable bonds is 9. The highest BCUT2D eigenvalue weighted by Gasteiger charge is 2.13. The second kappa shape index (κ2) is 10.4. The van der Waals surface area contributed by atoms with Crippen LogP contribution in [0.5, 0.6) is 0 Å². The van der Waals surface area contributed by atoms with Gasteiger partial charge in [0, 0.05) is 6.54 Å². The predicted molar refractivity (Wildman–Crippen MR) is 85.6 cm³/mol. The van der Waals surface area contributed by atoms with E-state index in [9.17, 15) is 14.4 Å². The second-order valence-electron chi connectivity index (χ2n) is 5.25. The first-order valence-electron chi connectivity index (χ1n) is 7.88. The van der Waals surface area contributed by atoms with Crippen LogP contribution in [-0.4, -0.2) is 29.7 Å². The summed E-state index contributed by atoms with van der Waals surface area (Å²) in [6.45, 7) is 2.62. The monoisotopic (exact) mass is 321 g/mol. The van der Waals surface area contributed by atoms with Gasteiger partial charge in [0.2, 0.25) is 0 Å². The third kappa shape index (κ3) is 7.44. The summed E-state index contributed by atoms with van der Waals surface area (Å²) in [6.07, 6.45) is 5.85. The molecule has 1 amide bonds. The van der Waals surface area contributed by atoms with Crippen molar-refractivity contribution in [1.29, 1.82) is 0 Å². The van der Waals surface area contributed by atoms with Crippen molar-refractivity contribution in [2.75, 3.05) is 6.54 Å². The lowest BCUT2D eigenvalue weighted by Crippen LogP contribution is -2.27. The second-order valence-corrected chi connectivity index (χ2v) is 5.25. The fourth-order valence-corrected chi connectivity index (χ4v) is 2.02. The average Bonchev–Trinajstić information content (AvgIpc) is 2.54. The first-order chi connectivity index (χ1) is 11.0. The number of esters is 1. The van der Waals surface area contributed by atoms with E-state index in [-0.39, 0.29) is 11.1 Å². The summed E-state index contributed by atoms with van der Waals surface area (Å²) in [5.74, 6) is -1.89. The maximum absolute atomic E-state index is 11.7. The molecule has 6 nitrogen and oxygen atoms in total. The molecule has 2 N–H and O–H groups in total. The van der Waals surface area contributed by atoms with Crippen LogP contribution in [-0.2, 0) is 4.74 Å². The third-order valence-electron chi connectivity index (χ3n) is 3.35. The number of hydrogen-bond donors (Lipinski definition) is 2. The number of aromatic carboxylic acids is 1. The molecule has 0 spiro atoms. The summed E-state index contributed by atoms with van der Waals surface area (Å²) in [4.78, 5) is 33.9. The first kappa shape index (κ1) is 18.7. The molecule has 126 valence electrons. The van der Waals surface area contributed by atoms with Crippen LogP contribution in [0.25, 0.3) is 0 Å². The maximum Gasteiger partial charge on any atom is 0.415 e. The Bertz CT molecular complexity index is 524. The Hall–Kier alpha value is -2.37. The van der Waals surface area contributed by atoms with Crippen LogP contribution in [0.15, 0.2) is 24.3 Å². The molecule has 0 atom stereocenters. The zero-order valence-electron chi connectivity index (χ0n) is 13.3. The lowest BCUT2D eigenvalue weighted by atomic mass is 10.1. The van der Waals surface area contributed by atoms with Crippen molar-refractivity contribution in [1.82, 2.24) is 5.32 Å². The van der Waals surface area contributed by atoms with Gasteiger partial charge in [-0.1, -0.05) is 39.0 Å². The summed E-state index contributed by atoms with van der Waals surface area (Å²) >= 11 is 0. The van der Waals surface area contributed by atoms with Crippen LogP contribution >= 0.6 is 0 Å². The molecule has 0 fully saturated rings. The van der Waals surface area contributed by atoms with Gasteiger partial charge in [-0.3, -0.25) is 0 Å². The van der Waals surface area contributed by atoms with Crippen molar-refractivity contribution in [2.24, 2.45) is 0 Å². The zero-order valence-corrected chi connectivity index (χ0v) is 13.3. The summed E-state index contributed by atoms with van der Waals surface area (Å²) < 4.78 is 4.65. The Morgan fingerprint density at radius 3 is 2.13 bits per heavy atom. The van der Waals surface area contributed by atoms with Crippen LogP contribution < -0.4 is 5.32 Å². The van der Waals surface area contributed by atoms with Gasteiger partial charge in [0.15, 0.2) is 0 Å². The highest BCUT2D eigenvalue weighted by Crippen LogP contribution is 2.07. The predicted octanol–water partition coefficient (Wildman–Crippen LogP) is 3.61. The number of carbonyl (C=O) groups is 3. The standard InChI is InChI=1S/C17H23NO5/c1-2-3-4-5-6-7-12-18-17(22)23-16(21)14-10-8-13(9-11-14)15(19)20/h8-11H,2-7,12H2,1H3,(H,18,22)(H,19,20). The van der Waals surface area contributed by atoms with Gasteiger partial charge < -0.3 is 15.2 Å². The molecule has 6 heteroatoms. The lowest BCUT2D eigenvalue weighted by Gasteiger charge is -2.06. The Balaban J connectivity index is 2.25. The molecule has 1 aromatic rings. The SMILES string of the molecule is CCCCCCCCNC(=O)OC(=O)c1ccc(C(=O)O)cc1. The van der Waals surface area contributed by atoms with E-state index >= 15 is 0 Å². The van der Waals surface area contributed by atoms with Gasteiger partial charge in [-0.15, -0.1) is 0 Å². The molecule has 1 aromatic carbocycles. The Morgan fingerprint density at radius 1 is 0.957 bits per heavy atom. The maximum atomic E-state index is 11.7. The van der Waals surface area contributed by atoms with Gasteiger partial charge in [-0.25, -0.2) is 14.4 Å². The number of carboxylic acids is 1. The Kier molecular flexibility index (Phi) is 8.42. The van der Waals surface area contributed by atoms with Crippen molar-refractivity contribution in [2.45, 2.75) is 45.4 Å². The molecule has 0 unspecified atom stereocenters. The molecule has 0 bridgehead atoms. The summed E-state index contributed by atoms with van der Waals surface area (Å²) in [6, 6.07) is 5.19. The number of alkyl carbamates (subject to hydrolysis) is 1. The molecule has 0 saturated carbocycles. The number of carboxylic acid groups (broad SMARTS) is 1. The molecule has 0 radical (unpaired) electrons. The minimum Gasteiger partial charge on any atom is -0.478 e. The van der Waals surface area contributed by atoms with E-state index < -0.39 is 18.0 Å². The van der Waals surface area contributed by atoms with Crippen molar-refractivity contribution in [3.63, 3.8) is 0 Å². The quantitative estimate of drug-likeness (QED) is 0.412. The van der Waals surface area contributed by atoms with Crippen molar-refractivity contribution >= 4 is 18.0 Å². The molecule has 0 aliphatic heterocycles. The number of carbonyl (C=O) groups excluding carboxylic acids is 2. The fourth-order valence-electron chi connectivity index (χ4n) is 2.02. The number of ether oxygens (including phenoxy) is 1. The fraction of sp³-hybridized carbons (Fsp3) is 0.471. The molecule has 0 aromatic heterocycles. The first-order valence-corrected chi connectivity index (χ1v) is 7.88. The minimum atomic E-state index is -1.08. The molecule has 0 heterocycles. The van der Waals surface area contributed by atoms with Crippen LogP contribution in [0.4, 0.5) is 4.79 Å². The van der Waals surface area contributed by atoms with E-state index in [1.807, 2.05) is 0 Å². The van der Waals surface area contributed by atoms with E-state index in [2.05, 4.69) is 17.0 Å². The number of unbranched alkanes of at least 4 members (excludes halogenated alkanes) is 5. The minimum absolute atomic E-state index is 0.0640. The van der Waals surface area contributed by atoms with E-state index in [1.54, 1.807) is 0 Å². The molecule has 1 rings (SSSR count). The highest BCUT2D eigenvalue weighted by atomic mass is 16.6. The number of nitrogens with one attached hydrogen (secondary N) is 1. The topological polar surface area (TPSA) is 92.7 Å². The Morgan fingerprint density at radius 2 is 1.52 bits per heavy atom. The van der Waals surface area contributed by atoms with E-state index in [0.29, 0.717) is 6.54 Å². The van der Waals surface area contributed by atoms with Gasteiger partial charge in [-0.05, 0) is 30.7 Å². The van der Waals surface area contributed by atoms with E-state index in [4.69, 9.17) is 5.11 Å². The molecule has 23 heavy (non-hydrogen) atoms. The van der Waals surface area contributed by atoms with Gasteiger partial charge in [-0.2, -0.15) is 0 Å². The summed E-state index contributed by atoms with van der Waals surface area (Å²) in [5.41, 5.74) is 0.193. The highest BCUT2D eigenvalue weighted by molar-refractivity contribution is 5.97. The van der Waals surface area contributed by atoms with Gasteiger partial charge in [0.25, 0.3) is 0 Å². The Labute approximate surface area is 135 Å². The molecular weight excluding hydrogens is 298 g/mol. The largest absolute Gasteiger partial charge is 0.478 e. The van der Waals surface area contributed by atoms with E-state index in [1.165, 1.54) is 43.5 Å². The van der Waals surface area contributed by atoms with Crippen LogP contribution in [0.1, 0.15) is 66.2 Å². The van der Waals surface area contributed by atoms with Crippen molar-refractivity contribution < 1.29 is 24.2 Å². The average molecular weight is 321 g/mol. The lowest BCUT2D eigenvalue weighted by molar-refractivity contribution is 0.0618. The van der Waals surface area contributed by atoms with Gasteiger partial charge in [0.05, 0.1) is 11.1 Å². The molecule has 0 aliphatic carbocycles. The zero-order chi connectivity index (χ0) is 17.1. The normalized spacial score (nSPS) is 10.1. The van der Waals surface area contributed by atoms with Gasteiger partial charge >= 0.3 is 18.0 Å². The van der Waals surface area contributed by atoms with Crippen LogP contribution in [0, 0.1) is 0 Å². The third-order valence-corrected chi connectivity index (χ3v) is 3.35. The smallest absolute Gasteiger partial charge is 0.415 e. The van der Waals surface area contributed by atoms with Gasteiger partial charge in [0.1, 0.15) is 0 Å². The molecule has 0 saturated heterocycles. The molecular formula is C17H23NO5. The van der Waals surface area contributed by atoms with Crippen molar-refractivity contribution in [3.05, 3.63) is 35.4 Å².